The molecule has 0 N–H and O–H groups in total. The van der Waals surface area contributed by atoms with E-state index in [1.807, 2.05) is 6.92 Å². The van der Waals surface area contributed by atoms with Crippen LogP contribution in [0.2, 0.25) is 0 Å². The Balaban J connectivity index is 2.30. The van der Waals surface area contributed by atoms with Crippen molar-refractivity contribution in [1.82, 2.24) is 14.5 Å². The number of hydrogen-bond donors (Lipinski definition) is 0. The van der Waals surface area contributed by atoms with E-state index >= 15 is 0 Å². The van der Waals surface area contributed by atoms with Gasteiger partial charge in [0.1, 0.15) is 11.3 Å². The molecule has 0 aliphatic heterocycles. The first-order valence-electron chi connectivity index (χ1n) is 9.02. The van der Waals surface area contributed by atoms with E-state index in [1.54, 1.807) is 0 Å². The second-order valence-electron chi connectivity index (χ2n) is 7.40. The molecule has 0 fully saturated rings. The third kappa shape index (κ3) is 2.25. The van der Waals surface area contributed by atoms with Crippen molar-refractivity contribution in [2.24, 2.45) is 7.05 Å². The zero-order chi connectivity index (χ0) is 18.7. The fourth-order valence-corrected chi connectivity index (χ4v) is 3.88. The molecule has 3 aromatic heterocycles. The Kier molecular flexibility index (Phi) is 3.62. The van der Waals surface area contributed by atoms with Crippen molar-refractivity contribution in [3.8, 4) is 5.82 Å². The van der Waals surface area contributed by atoms with E-state index in [0.717, 1.165) is 28.4 Å². The third-order valence-electron chi connectivity index (χ3n) is 5.53. The van der Waals surface area contributed by atoms with Gasteiger partial charge in [0, 0.05) is 11.5 Å². The van der Waals surface area contributed by atoms with E-state index in [0.29, 0.717) is 0 Å². The molecule has 132 valence electrons. The quantitative estimate of drug-likeness (QED) is 0.483. The molecule has 0 saturated heterocycles. The summed E-state index contributed by atoms with van der Waals surface area (Å²) in [5.74, 6) is 1.93. The number of fused-ring (bicyclic) bond motifs is 3. The Morgan fingerprint density at radius 3 is 2.35 bits per heavy atom. The van der Waals surface area contributed by atoms with Crippen molar-refractivity contribution in [2.45, 2.75) is 41.5 Å². The number of aromatic nitrogens is 4. The largest absolute Gasteiger partial charge is 0.288 e. The van der Waals surface area contributed by atoms with Gasteiger partial charge in [-0.2, -0.15) is 9.55 Å². The molecule has 4 rings (SSSR count). The fraction of sp³-hybridized carbons (Fsp3) is 0.318. The van der Waals surface area contributed by atoms with Gasteiger partial charge in [0.2, 0.25) is 5.65 Å². The van der Waals surface area contributed by atoms with Crippen LogP contribution in [0, 0.1) is 41.5 Å². The SMILES string of the molecule is Cc1nc(C)c2c3ccc(C)c(C)c3n(-c3cc(C)c(C)c[n+]3C)c2n1. The summed E-state index contributed by atoms with van der Waals surface area (Å²) in [6.45, 7) is 12.7. The molecule has 4 aromatic rings. The normalized spacial score (nSPS) is 11.7. The molecule has 0 aliphatic rings. The highest BCUT2D eigenvalue weighted by Crippen LogP contribution is 2.34. The number of aryl methyl sites for hydroxylation is 7. The lowest BCUT2D eigenvalue weighted by Gasteiger charge is -2.08. The summed E-state index contributed by atoms with van der Waals surface area (Å²) >= 11 is 0. The lowest BCUT2D eigenvalue weighted by molar-refractivity contribution is -0.665. The Labute approximate surface area is 154 Å². The smallest absolute Gasteiger partial charge is 0.238 e. The van der Waals surface area contributed by atoms with Gasteiger partial charge in [0.05, 0.1) is 24.3 Å². The summed E-state index contributed by atoms with van der Waals surface area (Å²) in [4.78, 5) is 9.49. The summed E-state index contributed by atoms with van der Waals surface area (Å²) < 4.78 is 4.50. The standard InChI is InChI=1S/C22H25N4/c1-12-8-9-18-20-16(5)23-17(6)24-22(20)26(21(18)15(12)4)19-10-13(2)14(3)11-25(19)7/h8-11H,1-7H3/q+1. The van der Waals surface area contributed by atoms with Gasteiger partial charge >= 0.3 is 0 Å². The molecule has 0 atom stereocenters. The van der Waals surface area contributed by atoms with Crippen molar-refractivity contribution in [3.05, 3.63) is 58.2 Å². The van der Waals surface area contributed by atoms with E-state index in [-0.39, 0.29) is 0 Å². The van der Waals surface area contributed by atoms with Crippen LogP contribution in [0.3, 0.4) is 0 Å². The van der Waals surface area contributed by atoms with Crippen LogP contribution >= 0.6 is 0 Å². The molecule has 1 aromatic carbocycles. The minimum absolute atomic E-state index is 0.805. The Hall–Kier alpha value is -2.75. The molecule has 26 heavy (non-hydrogen) atoms. The van der Waals surface area contributed by atoms with Crippen LogP contribution in [0.25, 0.3) is 27.8 Å². The van der Waals surface area contributed by atoms with Crippen molar-refractivity contribution in [3.63, 3.8) is 0 Å². The highest BCUT2D eigenvalue weighted by molar-refractivity contribution is 6.10. The van der Waals surface area contributed by atoms with Crippen molar-refractivity contribution < 1.29 is 4.57 Å². The summed E-state index contributed by atoms with van der Waals surface area (Å²) in [5, 5.41) is 2.37. The highest BCUT2D eigenvalue weighted by Gasteiger charge is 2.26. The molecular weight excluding hydrogens is 320 g/mol. The molecule has 0 saturated carbocycles. The molecule has 0 bridgehead atoms. The average Bonchev–Trinajstić information content (AvgIpc) is 2.89. The predicted octanol–water partition coefficient (Wildman–Crippen LogP) is 4.25. The molecule has 0 radical (unpaired) electrons. The zero-order valence-corrected chi connectivity index (χ0v) is 16.6. The lowest BCUT2D eigenvalue weighted by atomic mass is 10.0. The van der Waals surface area contributed by atoms with E-state index in [4.69, 9.17) is 4.98 Å². The van der Waals surface area contributed by atoms with Crippen molar-refractivity contribution in [1.29, 1.82) is 0 Å². The average molecular weight is 345 g/mol. The Morgan fingerprint density at radius 1 is 0.885 bits per heavy atom. The van der Waals surface area contributed by atoms with Crippen molar-refractivity contribution >= 4 is 21.9 Å². The second kappa shape index (κ2) is 5.63. The highest BCUT2D eigenvalue weighted by atomic mass is 15.2. The molecule has 0 aliphatic carbocycles. The molecule has 4 nitrogen and oxygen atoms in total. The van der Waals surface area contributed by atoms with Crippen LogP contribution in [0.4, 0.5) is 0 Å². The maximum Gasteiger partial charge on any atom is 0.288 e. The van der Waals surface area contributed by atoms with Gasteiger partial charge < -0.3 is 0 Å². The van der Waals surface area contributed by atoms with Gasteiger partial charge in [-0.1, -0.05) is 6.07 Å². The molecule has 0 spiro atoms. The predicted molar refractivity (Wildman–Crippen MR) is 106 cm³/mol. The number of hydrogen-bond acceptors (Lipinski definition) is 2. The molecule has 3 heterocycles. The first kappa shape index (κ1) is 16.7. The molecular formula is C22H25N4+. The van der Waals surface area contributed by atoms with E-state index in [2.05, 4.69) is 80.2 Å². The molecule has 0 amide bonds. The number of pyridine rings is 1. The van der Waals surface area contributed by atoms with Crippen LogP contribution in [-0.2, 0) is 7.05 Å². The Bertz CT molecular complexity index is 1200. The summed E-state index contributed by atoms with van der Waals surface area (Å²) in [6.07, 6.45) is 2.19. The maximum atomic E-state index is 4.85. The van der Waals surface area contributed by atoms with Gasteiger partial charge in [-0.15, -0.1) is 0 Å². The number of benzene rings is 1. The van der Waals surface area contributed by atoms with E-state index in [1.165, 1.54) is 33.2 Å². The van der Waals surface area contributed by atoms with Crippen molar-refractivity contribution in [2.75, 3.05) is 0 Å². The minimum atomic E-state index is 0.805. The summed E-state index contributed by atoms with van der Waals surface area (Å²) in [5.41, 5.74) is 8.38. The van der Waals surface area contributed by atoms with Gasteiger partial charge in [0.25, 0.3) is 5.82 Å². The van der Waals surface area contributed by atoms with Crippen LogP contribution in [-0.4, -0.2) is 14.5 Å². The molecule has 0 unspecified atom stereocenters. The first-order chi connectivity index (χ1) is 12.3. The maximum absolute atomic E-state index is 4.85. The van der Waals surface area contributed by atoms with Crippen LogP contribution in [0.15, 0.2) is 24.4 Å². The minimum Gasteiger partial charge on any atom is -0.238 e. The fourth-order valence-electron chi connectivity index (χ4n) is 3.88. The third-order valence-corrected chi connectivity index (χ3v) is 5.53. The van der Waals surface area contributed by atoms with Crippen LogP contribution < -0.4 is 4.57 Å². The second-order valence-corrected chi connectivity index (χ2v) is 7.40. The van der Waals surface area contributed by atoms with Crippen LogP contribution in [0.5, 0.6) is 0 Å². The summed E-state index contributed by atoms with van der Waals surface area (Å²) in [7, 11) is 2.10. The first-order valence-corrected chi connectivity index (χ1v) is 9.02. The summed E-state index contributed by atoms with van der Waals surface area (Å²) in [6, 6.07) is 6.66. The van der Waals surface area contributed by atoms with Crippen LogP contribution in [0.1, 0.15) is 33.8 Å². The van der Waals surface area contributed by atoms with E-state index < -0.39 is 0 Å². The van der Waals surface area contributed by atoms with Gasteiger partial charge in [0.15, 0.2) is 0 Å². The Morgan fingerprint density at radius 2 is 1.62 bits per heavy atom. The molecule has 4 heteroatoms. The van der Waals surface area contributed by atoms with Gasteiger partial charge in [-0.05, 0) is 69.9 Å². The monoisotopic (exact) mass is 345 g/mol. The zero-order valence-electron chi connectivity index (χ0n) is 16.6. The lowest BCUT2D eigenvalue weighted by Crippen LogP contribution is -2.34. The number of nitrogens with zero attached hydrogens (tertiary/aromatic N) is 4. The van der Waals surface area contributed by atoms with Gasteiger partial charge in [-0.3, -0.25) is 0 Å². The number of rotatable bonds is 1. The van der Waals surface area contributed by atoms with E-state index in [9.17, 15) is 0 Å². The van der Waals surface area contributed by atoms with Gasteiger partial charge in [-0.25, -0.2) is 9.55 Å². The topological polar surface area (TPSA) is 34.6 Å².